The first kappa shape index (κ1) is 22.1. The number of rotatable bonds is 6. The molecule has 3 rings (SSSR count). The van der Waals surface area contributed by atoms with E-state index >= 15 is 0 Å². The van der Waals surface area contributed by atoms with Crippen LogP contribution in [0.4, 0.5) is 18.9 Å². The normalized spacial score (nSPS) is 12.6. The quantitative estimate of drug-likeness (QED) is 0.546. The minimum atomic E-state index is -4.37. The first-order valence-electron chi connectivity index (χ1n) is 9.50. The van der Waals surface area contributed by atoms with Gasteiger partial charge in [0.05, 0.1) is 5.56 Å². The molecule has 0 bridgehead atoms. The van der Waals surface area contributed by atoms with Crippen molar-refractivity contribution in [3.63, 3.8) is 0 Å². The zero-order valence-corrected chi connectivity index (χ0v) is 17.6. The van der Waals surface area contributed by atoms with Crippen LogP contribution in [0.3, 0.4) is 0 Å². The zero-order chi connectivity index (χ0) is 21.9. The van der Waals surface area contributed by atoms with Gasteiger partial charge in [-0.3, -0.25) is 4.79 Å². The summed E-state index contributed by atoms with van der Waals surface area (Å²) in [5, 5.41) is 1.87. The van der Waals surface area contributed by atoms with E-state index in [1.165, 1.54) is 23.5 Å². The number of hydrogen-bond acceptors (Lipinski definition) is 3. The summed E-state index contributed by atoms with van der Waals surface area (Å²) in [7, 11) is 0. The molecule has 1 atom stereocenters. The van der Waals surface area contributed by atoms with Gasteiger partial charge in [-0.25, -0.2) is 0 Å². The minimum Gasteiger partial charge on any atom is -0.316 e. The molecule has 1 unspecified atom stereocenters. The number of benzene rings is 2. The Kier molecular flexibility index (Phi) is 6.63. The fraction of sp³-hybridized carbons (Fsp3) is 0.261. The highest BCUT2D eigenvalue weighted by Crippen LogP contribution is 2.29. The maximum absolute atomic E-state index is 13.2. The molecule has 0 aliphatic rings. The molecule has 0 saturated carbocycles. The number of nitrogens with two attached hydrogens (primary N) is 1. The maximum Gasteiger partial charge on any atom is 0.416 e. The minimum absolute atomic E-state index is 0.243. The van der Waals surface area contributed by atoms with E-state index in [4.69, 9.17) is 5.73 Å². The van der Waals surface area contributed by atoms with Crippen molar-refractivity contribution in [1.82, 2.24) is 0 Å². The molecule has 3 nitrogen and oxygen atoms in total. The Labute approximate surface area is 177 Å². The molecule has 1 heterocycles. The third kappa shape index (κ3) is 5.09. The van der Waals surface area contributed by atoms with E-state index in [1.807, 2.05) is 49.6 Å². The second-order valence-electron chi connectivity index (χ2n) is 7.20. The monoisotopic (exact) mass is 432 g/mol. The van der Waals surface area contributed by atoms with Crippen LogP contribution in [0.25, 0.3) is 0 Å². The van der Waals surface area contributed by atoms with E-state index in [-0.39, 0.29) is 5.91 Å². The Morgan fingerprint density at radius 1 is 1.07 bits per heavy atom. The Bertz CT molecular complexity index is 998. The van der Waals surface area contributed by atoms with Gasteiger partial charge in [0, 0.05) is 17.1 Å². The summed E-state index contributed by atoms with van der Waals surface area (Å²) >= 11 is 1.42. The predicted octanol–water partition coefficient (Wildman–Crippen LogP) is 5.66. The number of anilines is 1. The summed E-state index contributed by atoms with van der Waals surface area (Å²) in [4.78, 5) is 15.6. The van der Waals surface area contributed by atoms with Gasteiger partial charge in [0.1, 0.15) is 6.04 Å². The average Bonchev–Trinajstić information content (AvgIpc) is 3.24. The van der Waals surface area contributed by atoms with Crippen molar-refractivity contribution in [2.24, 2.45) is 5.73 Å². The predicted molar refractivity (Wildman–Crippen MR) is 115 cm³/mol. The fourth-order valence-corrected chi connectivity index (χ4v) is 3.84. The summed E-state index contributed by atoms with van der Waals surface area (Å²) in [6.07, 6.45) is -3.96. The molecule has 0 aliphatic carbocycles. The van der Waals surface area contributed by atoms with Gasteiger partial charge in [0.15, 0.2) is 0 Å². The third-order valence-electron chi connectivity index (χ3n) is 5.09. The number of carbonyl (C=O) groups is 1. The molecule has 2 aromatic carbocycles. The molecular formula is C23H23F3N2OS. The molecule has 3 aromatic rings. The largest absolute Gasteiger partial charge is 0.416 e. The van der Waals surface area contributed by atoms with Crippen molar-refractivity contribution < 1.29 is 18.0 Å². The molecule has 158 valence electrons. The number of hydrogen-bond donors (Lipinski definition) is 1. The van der Waals surface area contributed by atoms with Crippen molar-refractivity contribution >= 4 is 22.9 Å². The Balaban J connectivity index is 1.84. The highest BCUT2D eigenvalue weighted by atomic mass is 32.1. The van der Waals surface area contributed by atoms with Crippen molar-refractivity contribution in [2.45, 2.75) is 32.5 Å². The molecule has 1 aromatic heterocycles. The molecule has 0 fully saturated rings. The lowest BCUT2D eigenvalue weighted by molar-refractivity contribution is -0.137. The third-order valence-corrected chi connectivity index (χ3v) is 6.04. The summed E-state index contributed by atoms with van der Waals surface area (Å²) in [5.74, 6) is -0.243. The van der Waals surface area contributed by atoms with Gasteiger partial charge >= 0.3 is 6.18 Å². The van der Waals surface area contributed by atoms with Crippen molar-refractivity contribution in [1.29, 1.82) is 0 Å². The molecule has 1 amide bonds. The van der Waals surface area contributed by atoms with Gasteiger partial charge in [-0.2, -0.15) is 13.2 Å². The van der Waals surface area contributed by atoms with E-state index in [2.05, 4.69) is 0 Å². The zero-order valence-electron chi connectivity index (χ0n) is 16.7. The number of alkyl halides is 3. The van der Waals surface area contributed by atoms with Crippen LogP contribution < -0.4 is 10.6 Å². The Morgan fingerprint density at radius 2 is 1.77 bits per heavy atom. The summed E-state index contributed by atoms with van der Waals surface area (Å²) in [6.45, 7) is 4.27. The first-order valence-corrected chi connectivity index (χ1v) is 10.4. The average molecular weight is 433 g/mol. The number of halogens is 3. The number of nitrogens with zero attached hydrogens (tertiary/aromatic N) is 1. The van der Waals surface area contributed by atoms with Gasteiger partial charge in [-0.15, -0.1) is 11.3 Å². The number of amides is 1. The second kappa shape index (κ2) is 9.02. The van der Waals surface area contributed by atoms with E-state index in [1.54, 1.807) is 4.90 Å². The number of carbonyl (C=O) groups excluding carboxylic acids is 1. The van der Waals surface area contributed by atoms with Crippen LogP contribution in [-0.2, 0) is 17.4 Å². The van der Waals surface area contributed by atoms with E-state index in [0.717, 1.165) is 33.8 Å². The van der Waals surface area contributed by atoms with Gasteiger partial charge in [0.25, 0.3) is 0 Å². The first-order chi connectivity index (χ1) is 14.2. The Morgan fingerprint density at radius 3 is 2.33 bits per heavy atom. The van der Waals surface area contributed by atoms with E-state index in [9.17, 15) is 18.0 Å². The second-order valence-corrected chi connectivity index (χ2v) is 8.18. The lowest BCUT2D eigenvalue weighted by atomic mass is 10.1. The molecule has 7 heteroatoms. The van der Waals surface area contributed by atoms with Crippen LogP contribution in [-0.4, -0.2) is 12.5 Å². The summed E-state index contributed by atoms with van der Waals surface area (Å²) < 4.78 is 38.4. The number of aryl methyl sites for hydroxylation is 2. The van der Waals surface area contributed by atoms with Gasteiger partial charge in [0.2, 0.25) is 5.91 Å². The van der Waals surface area contributed by atoms with Crippen LogP contribution in [0, 0.1) is 13.8 Å². The SMILES string of the molecule is Cc1ccc(N(CCc2ccc(C(F)(F)F)cc2)C(=O)C(N)c2cccs2)cc1C. The van der Waals surface area contributed by atoms with Crippen LogP contribution in [0.2, 0.25) is 0 Å². The van der Waals surface area contributed by atoms with Crippen molar-refractivity contribution in [3.05, 3.63) is 87.1 Å². The molecule has 2 N–H and O–H groups in total. The van der Waals surface area contributed by atoms with Crippen molar-refractivity contribution in [3.8, 4) is 0 Å². The molecular weight excluding hydrogens is 409 g/mol. The molecule has 0 radical (unpaired) electrons. The summed E-state index contributed by atoms with van der Waals surface area (Å²) in [6, 6.07) is 13.6. The molecule has 0 aliphatic heterocycles. The lowest BCUT2D eigenvalue weighted by Gasteiger charge is -2.26. The van der Waals surface area contributed by atoms with Crippen LogP contribution in [0.5, 0.6) is 0 Å². The van der Waals surface area contributed by atoms with Crippen LogP contribution in [0.15, 0.2) is 60.0 Å². The van der Waals surface area contributed by atoms with Crippen LogP contribution in [0.1, 0.15) is 33.2 Å². The van der Waals surface area contributed by atoms with Crippen molar-refractivity contribution in [2.75, 3.05) is 11.4 Å². The lowest BCUT2D eigenvalue weighted by Crippen LogP contribution is -2.39. The Hall–Kier alpha value is -2.64. The van der Waals surface area contributed by atoms with E-state index in [0.29, 0.717) is 18.5 Å². The standard InChI is InChI=1S/C23H23F3N2OS/c1-15-5-10-19(14-16(15)2)28(22(29)21(27)20-4-3-13-30-20)12-11-17-6-8-18(9-7-17)23(24,25)26/h3-10,13-14,21H,11-12,27H2,1-2H3. The van der Waals surface area contributed by atoms with E-state index < -0.39 is 17.8 Å². The van der Waals surface area contributed by atoms with Gasteiger partial charge < -0.3 is 10.6 Å². The number of thiophene rings is 1. The highest BCUT2D eigenvalue weighted by molar-refractivity contribution is 7.10. The molecule has 0 saturated heterocycles. The van der Waals surface area contributed by atoms with Crippen LogP contribution >= 0.6 is 11.3 Å². The smallest absolute Gasteiger partial charge is 0.316 e. The van der Waals surface area contributed by atoms with Gasteiger partial charge in [-0.05, 0) is 72.7 Å². The van der Waals surface area contributed by atoms with Gasteiger partial charge in [-0.1, -0.05) is 24.3 Å². The molecule has 0 spiro atoms. The maximum atomic E-state index is 13.2. The topological polar surface area (TPSA) is 46.3 Å². The molecule has 30 heavy (non-hydrogen) atoms. The summed E-state index contributed by atoms with van der Waals surface area (Å²) in [5.41, 5.74) is 9.13. The highest BCUT2D eigenvalue weighted by Gasteiger charge is 2.30. The fourth-order valence-electron chi connectivity index (χ4n) is 3.12.